The maximum atomic E-state index is 11.2. The monoisotopic (exact) mass is 231 g/mol. The average Bonchev–Trinajstić information content (AvgIpc) is 2.35. The molecule has 0 N–H and O–H groups in total. The molecule has 0 heterocycles. The molecule has 4 heteroatoms. The fraction of sp³-hybridized carbons (Fsp3) is 0.0833. The number of nitriles is 1. The first-order chi connectivity index (χ1) is 7.67. The maximum Gasteiger partial charge on any atom is 0.259 e. The molecule has 0 unspecified atom stereocenters. The van der Waals surface area contributed by atoms with Crippen LogP contribution >= 0.6 is 11.8 Å². The zero-order valence-electron chi connectivity index (χ0n) is 8.64. The zero-order chi connectivity index (χ0) is 12.0. The Morgan fingerprint density at radius 2 is 1.94 bits per heavy atom. The van der Waals surface area contributed by atoms with Gasteiger partial charge in [0.05, 0.1) is 11.6 Å². The fourth-order valence-corrected chi connectivity index (χ4v) is 1.28. The van der Waals surface area contributed by atoms with Crippen molar-refractivity contribution in [3.63, 3.8) is 0 Å². The number of benzene rings is 1. The molecule has 1 aromatic rings. The summed E-state index contributed by atoms with van der Waals surface area (Å²) >= 11 is 0.891. The van der Waals surface area contributed by atoms with Crippen molar-refractivity contribution in [1.82, 2.24) is 0 Å². The Hall–Kier alpha value is -1.86. The van der Waals surface area contributed by atoms with Crippen LogP contribution in [-0.4, -0.2) is 17.2 Å². The molecule has 3 nitrogen and oxygen atoms in total. The summed E-state index contributed by atoms with van der Waals surface area (Å²) in [4.78, 5) is 22.1. The topological polar surface area (TPSA) is 57.9 Å². The van der Waals surface area contributed by atoms with Crippen molar-refractivity contribution in [3.05, 3.63) is 41.5 Å². The number of nitrogens with zero attached hydrogens (tertiary/aromatic N) is 1. The van der Waals surface area contributed by atoms with Crippen LogP contribution in [0.5, 0.6) is 0 Å². The first-order valence-electron chi connectivity index (χ1n) is 4.48. The van der Waals surface area contributed by atoms with E-state index < -0.39 is 10.9 Å². The molecule has 0 saturated carbocycles. The van der Waals surface area contributed by atoms with Crippen LogP contribution < -0.4 is 0 Å². The predicted octanol–water partition coefficient (Wildman–Crippen LogP) is 2.03. The van der Waals surface area contributed by atoms with Crippen molar-refractivity contribution in [2.75, 3.05) is 6.26 Å². The molecular formula is C12H9NO2S. The first kappa shape index (κ1) is 12.2. The van der Waals surface area contributed by atoms with E-state index in [1.54, 1.807) is 36.6 Å². The Morgan fingerprint density at radius 1 is 1.31 bits per heavy atom. The molecule has 0 saturated heterocycles. The Bertz CT molecular complexity index is 469. The molecule has 0 aliphatic rings. The average molecular weight is 231 g/mol. The summed E-state index contributed by atoms with van der Waals surface area (Å²) < 4.78 is 0. The third-order valence-corrected chi connectivity index (χ3v) is 2.43. The van der Waals surface area contributed by atoms with Gasteiger partial charge < -0.3 is 0 Å². The van der Waals surface area contributed by atoms with Crippen LogP contribution in [0.3, 0.4) is 0 Å². The highest BCUT2D eigenvalue weighted by Crippen LogP contribution is 2.06. The molecule has 1 aromatic carbocycles. The van der Waals surface area contributed by atoms with Gasteiger partial charge in [-0.1, -0.05) is 30.0 Å². The molecule has 0 aliphatic carbocycles. The second-order valence-electron chi connectivity index (χ2n) is 2.92. The minimum absolute atomic E-state index is 0.482. The van der Waals surface area contributed by atoms with Gasteiger partial charge in [0.1, 0.15) is 0 Å². The van der Waals surface area contributed by atoms with Gasteiger partial charge in [-0.2, -0.15) is 5.26 Å². The van der Waals surface area contributed by atoms with Crippen LogP contribution in [0.1, 0.15) is 11.1 Å². The standard InChI is InChI=1S/C12H9NO2S/c1-16-12(15)11(14)7-6-9-2-4-10(8-13)5-3-9/h2-7H,1H3/b7-6+. The number of ketones is 1. The van der Waals surface area contributed by atoms with Crippen molar-refractivity contribution in [2.24, 2.45) is 0 Å². The third-order valence-electron chi connectivity index (χ3n) is 1.85. The highest BCUT2D eigenvalue weighted by atomic mass is 32.2. The van der Waals surface area contributed by atoms with Gasteiger partial charge in [-0.05, 0) is 30.0 Å². The molecule has 0 atom stereocenters. The number of allylic oxidation sites excluding steroid dienone is 1. The van der Waals surface area contributed by atoms with E-state index in [4.69, 9.17) is 5.26 Å². The number of thioether (sulfide) groups is 1. The fourth-order valence-electron chi connectivity index (χ4n) is 1.01. The van der Waals surface area contributed by atoms with Gasteiger partial charge in [0, 0.05) is 0 Å². The molecule has 0 spiro atoms. The second kappa shape index (κ2) is 5.89. The molecule has 0 amide bonds. The lowest BCUT2D eigenvalue weighted by Gasteiger charge is -1.93. The summed E-state index contributed by atoms with van der Waals surface area (Å²) in [5.74, 6) is -0.531. The normalized spacial score (nSPS) is 10.0. The van der Waals surface area contributed by atoms with Crippen LogP contribution in [0.2, 0.25) is 0 Å². The van der Waals surface area contributed by atoms with Crippen LogP contribution in [0.15, 0.2) is 30.3 Å². The summed E-state index contributed by atoms with van der Waals surface area (Å²) in [5, 5.41) is 8.10. The highest BCUT2D eigenvalue weighted by Gasteiger charge is 2.06. The summed E-state index contributed by atoms with van der Waals surface area (Å²) in [7, 11) is 0. The van der Waals surface area contributed by atoms with Crippen molar-refractivity contribution >= 4 is 28.7 Å². The van der Waals surface area contributed by atoms with Crippen molar-refractivity contribution in [1.29, 1.82) is 5.26 Å². The Kier molecular flexibility index (Phi) is 4.49. The number of carbonyl (C=O) groups excluding carboxylic acids is 2. The smallest absolute Gasteiger partial charge is 0.259 e. The highest BCUT2D eigenvalue weighted by molar-refractivity contribution is 8.14. The van der Waals surface area contributed by atoms with Gasteiger partial charge in [0.25, 0.3) is 5.12 Å². The zero-order valence-corrected chi connectivity index (χ0v) is 9.45. The predicted molar refractivity (Wildman–Crippen MR) is 63.7 cm³/mol. The van der Waals surface area contributed by atoms with Gasteiger partial charge in [-0.25, -0.2) is 0 Å². The maximum absolute atomic E-state index is 11.2. The van der Waals surface area contributed by atoms with E-state index in [1.807, 2.05) is 6.07 Å². The Balaban J connectivity index is 2.74. The molecule has 0 radical (unpaired) electrons. The van der Waals surface area contributed by atoms with E-state index in [0.717, 1.165) is 17.3 Å². The first-order valence-corrected chi connectivity index (χ1v) is 5.70. The lowest BCUT2D eigenvalue weighted by molar-refractivity contribution is -0.128. The van der Waals surface area contributed by atoms with Crippen LogP contribution in [0, 0.1) is 11.3 Å². The minimum Gasteiger partial charge on any atom is -0.285 e. The number of hydrogen-bond donors (Lipinski definition) is 0. The molecule has 16 heavy (non-hydrogen) atoms. The Labute approximate surface area is 97.8 Å². The number of rotatable bonds is 3. The third kappa shape index (κ3) is 3.37. The molecule has 0 aliphatic heterocycles. The molecule has 0 fully saturated rings. The molecule has 1 rings (SSSR count). The van der Waals surface area contributed by atoms with Gasteiger partial charge in [0.2, 0.25) is 5.78 Å². The largest absolute Gasteiger partial charge is 0.285 e. The molecule has 0 bridgehead atoms. The molecule has 80 valence electrons. The van der Waals surface area contributed by atoms with E-state index >= 15 is 0 Å². The summed E-state index contributed by atoms with van der Waals surface area (Å²) in [6.45, 7) is 0. The summed E-state index contributed by atoms with van der Waals surface area (Å²) in [5.41, 5.74) is 1.34. The minimum atomic E-state index is -0.531. The summed E-state index contributed by atoms with van der Waals surface area (Å²) in [6.07, 6.45) is 4.35. The van der Waals surface area contributed by atoms with Gasteiger partial charge in [-0.3, -0.25) is 9.59 Å². The van der Waals surface area contributed by atoms with E-state index in [2.05, 4.69) is 0 Å². The van der Waals surface area contributed by atoms with Crippen molar-refractivity contribution in [3.8, 4) is 6.07 Å². The SMILES string of the molecule is CSC(=O)C(=O)/C=C/c1ccc(C#N)cc1. The lowest BCUT2D eigenvalue weighted by atomic mass is 10.1. The number of carbonyl (C=O) groups is 2. The van der Waals surface area contributed by atoms with Gasteiger partial charge in [0.15, 0.2) is 0 Å². The second-order valence-corrected chi connectivity index (χ2v) is 3.70. The molecule has 0 aromatic heterocycles. The quantitative estimate of drug-likeness (QED) is 0.590. The van der Waals surface area contributed by atoms with E-state index in [9.17, 15) is 9.59 Å². The number of hydrogen-bond acceptors (Lipinski definition) is 4. The molecular weight excluding hydrogens is 222 g/mol. The van der Waals surface area contributed by atoms with Crippen molar-refractivity contribution in [2.45, 2.75) is 0 Å². The van der Waals surface area contributed by atoms with Crippen LogP contribution in [-0.2, 0) is 9.59 Å². The van der Waals surface area contributed by atoms with Crippen LogP contribution in [0.4, 0.5) is 0 Å². The summed E-state index contributed by atoms with van der Waals surface area (Å²) in [6, 6.07) is 8.73. The lowest BCUT2D eigenvalue weighted by Crippen LogP contribution is -2.04. The van der Waals surface area contributed by atoms with Gasteiger partial charge in [-0.15, -0.1) is 0 Å². The Morgan fingerprint density at radius 3 is 2.44 bits per heavy atom. The van der Waals surface area contributed by atoms with E-state index in [1.165, 1.54) is 6.08 Å². The van der Waals surface area contributed by atoms with E-state index in [-0.39, 0.29) is 0 Å². The van der Waals surface area contributed by atoms with Crippen molar-refractivity contribution < 1.29 is 9.59 Å². The van der Waals surface area contributed by atoms with Crippen LogP contribution in [0.25, 0.3) is 6.08 Å². The van der Waals surface area contributed by atoms with Gasteiger partial charge >= 0.3 is 0 Å². The van der Waals surface area contributed by atoms with E-state index in [0.29, 0.717) is 5.56 Å².